The number of halogens is 1. The van der Waals surface area contributed by atoms with Crippen LogP contribution in [0.15, 0.2) is 28.8 Å². The molecule has 0 bridgehead atoms. The minimum atomic E-state index is -1.28. The topological polar surface area (TPSA) is 83.6 Å². The summed E-state index contributed by atoms with van der Waals surface area (Å²) in [4.78, 5) is 10.7. The monoisotopic (exact) mass is 239 g/mol. The van der Waals surface area contributed by atoms with Gasteiger partial charge in [0.15, 0.2) is 5.76 Å². The highest BCUT2D eigenvalue weighted by molar-refractivity contribution is 6.35. The lowest BCUT2D eigenvalue weighted by Crippen LogP contribution is -1.96. The Kier molecular flexibility index (Phi) is 2.54. The summed E-state index contributed by atoms with van der Waals surface area (Å²) in [6, 6.07) is 6.28. The van der Waals surface area contributed by atoms with Gasteiger partial charge >= 0.3 is 5.97 Å². The molecule has 0 aliphatic heterocycles. The van der Waals surface area contributed by atoms with Crippen molar-refractivity contribution in [3.8, 4) is 17.1 Å². The quantitative estimate of drug-likeness (QED) is 0.841. The minimum Gasteiger partial charge on any atom is -0.507 e. The second-order valence-electron chi connectivity index (χ2n) is 3.00. The fourth-order valence-corrected chi connectivity index (χ4v) is 1.50. The van der Waals surface area contributed by atoms with Gasteiger partial charge in [-0.1, -0.05) is 28.9 Å². The molecule has 2 aromatic rings. The van der Waals surface area contributed by atoms with Crippen molar-refractivity contribution in [3.05, 3.63) is 35.0 Å². The van der Waals surface area contributed by atoms with E-state index < -0.39 is 5.97 Å². The molecule has 1 aromatic carbocycles. The van der Waals surface area contributed by atoms with Gasteiger partial charge in [-0.2, -0.15) is 0 Å². The molecule has 0 saturated heterocycles. The molecule has 0 saturated carbocycles. The number of carboxylic acids is 1. The summed E-state index contributed by atoms with van der Waals surface area (Å²) in [5, 5.41) is 21.5. The maximum atomic E-state index is 10.7. The van der Waals surface area contributed by atoms with Crippen LogP contribution in [0.1, 0.15) is 10.5 Å². The van der Waals surface area contributed by atoms with Crippen LogP contribution < -0.4 is 0 Å². The zero-order valence-electron chi connectivity index (χ0n) is 7.85. The first-order chi connectivity index (χ1) is 7.61. The van der Waals surface area contributed by atoms with E-state index >= 15 is 0 Å². The van der Waals surface area contributed by atoms with E-state index in [0.29, 0.717) is 5.56 Å². The second kappa shape index (κ2) is 3.86. The van der Waals surface area contributed by atoms with E-state index in [1.807, 2.05) is 0 Å². The zero-order valence-corrected chi connectivity index (χ0v) is 8.60. The third-order valence-corrected chi connectivity index (χ3v) is 2.34. The van der Waals surface area contributed by atoms with E-state index in [2.05, 4.69) is 5.16 Å². The van der Waals surface area contributed by atoms with Gasteiger partial charge in [-0.25, -0.2) is 4.79 Å². The van der Waals surface area contributed by atoms with E-state index in [1.54, 1.807) is 18.2 Å². The molecule has 2 N–H and O–H groups in total. The van der Waals surface area contributed by atoms with Crippen molar-refractivity contribution >= 4 is 17.6 Å². The molecule has 0 radical (unpaired) electrons. The van der Waals surface area contributed by atoms with Gasteiger partial charge in [0.2, 0.25) is 5.69 Å². The van der Waals surface area contributed by atoms with Crippen LogP contribution in [0.4, 0.5) is 0 Å². The van der Waals surface area contributed by atoms with Gasteiger partial charge in [0.25, 0.3) is 0 Å². The van der Waals surface area contributed by atoms with Crippen LogP contribution in [0, 0.1) is 0 Å². The van der Waals surface area contributed by atoms with E-state index in [9.17, 15) is 9.90 Å². The number of benzene rings is 1. The summed E-state index contributed by atoms with van der Waals surface area (Å²) >= 11 is 5.78. The number of carbonyl (C=O) groups is 1. The molecule has 0 amide bonds. The van der Waals surface area contributed by atoms with Crippen LogP contribution in [-0.2, 0) is 0 Å². The second-order valence-corrected chi connectivity index (χ2v) is 3.37. The Balaban J connectivity index is 2.58. The number of carboxylic acid groups (broad SMARTS) is 1. The lowest BCUT2D eigenvalue weighted by Gasteiger charge is -1.99. The van der Waals surface area contributed by atoms with Crippen LogP contribution in [0.25, 0.3) is 11.3 Å². The Bertz CT molecular complexity index is 550. The maximum Gasteiger partial charge on any atom is 0.359 e. The predicted molar refractivity (Wildman–Crippen MR) is 55.6 cm³/mol. The largest absolute Gasteiger partial charge is 0.507 e. The summed E-state index contributed by atoms with van der Waals surface area (Å²) < 4.78 is 4.80. The van der Waals surface area contributed by atoms with E-state index in [-0.39, 0.29) is 22.2 Å². The highest BCUT2D eigenvalue weighted by atomic mass is 35.5. The van der Waals surface area contributed by atoms with Gasteiger partial charge in [-0.3, -0.25) is 0 Å². The molecule has 0 spiro atoms. The minimum absolute atomic E-state index is 0.0390. The predicted octanol–water partition coefficient (Wildman–Crippen LogP) is 2.40. The number of hydrogen-bond acceptors (Lipinski definition) is 4. The molecule has 0 unspecified atom stereocenters. The van der Waals surface area contributed by atoms with Crippen molar-refractivity contribution < 1.29 is 19.5 Å². The number of nitrogens with zero attached hydrogens (tertiary/aromatic N) is 1. The number of aromatic nitrogens is 1. The molecule has 0 fully saturated rings. The van der Waals surface area contributed by atoms with Gasteiger partial charge < -0.3 is 14.7 Å². The standard InChI is InChI=1S/C10H6ClNO4/c11-7-8(10(14)15)12-16-9(7)5-3-1-2-4-6(5)13/h1-4,13H,(H,14,15). The Labute approximate surface area is 94.9 Å². The number of aromatic carboxylic acids is 1. The van der Waals surface area contributed by atoms with Crippen LogP contribution in [0.3, 0.4) is 0 Å². The average molecular weight is 240 g/mol. The van der Waals surface area contributed by atoms with E-state index in [1.165, 1.54) is 6.07 Å². The fraction of sp³-hybridized carbons (Fsp3) is 0. The summed E-state index contributed by atoms with van der Waals surface area (Å²) in [6.07, 6.45) is 0. The molecule has 5 nitrogen and oxygen atoms in total. The van der Waals surface area contributed by atoms with Crippen molar-refractivity contribution in [1.29, 1.82) is 0 Å². The molecule has 0 atom stereocenters. The number of rotatable bonds is 2. The molecule has 82 valence electrons. The summed E-state index contributed by atoms with van der Waals surface area (Å²) in [5.41, 5.74) is -0.0765. The molecule has 0 aliphatic carbocycles. The number of phenols is 1. The number of phenolic OH excluding ortho intramolecular Hbond substituents is 1. The highest BCUT2D eigenvalue weighted by Gasteiger charge is 2.22. The van der Waals surface area contributed by atoms with Gasteiger partial charge in [-0.15, -0.1) is 0 Å². The van der Waals surface area contributed by atoms with Gasteiger partial charge in [0, 0.05) is 0 Å². The summed E-state index contributed by atoms with van der Waals surface area (Å²) in [5.74, 6) is -1.30. The molecular weight excluding hydrogens is 234 g/mol. The smallest absolute Gasteiger partial charge is 0.359 e. The van der Waals surface area contributed by atoms with Crippen molar-refractivity contribution in [1.82, 2.24) is 5.16 Å². The maximum absolute atomic E-state index is 10.7. The van der Waals surface area contributed by atoms with Gasteiger partial charge in [0.1, 0.15) is 10.8 Å². The molecule has 6 heteroatoms. The third-order valence-electron chi connectivity index (χ3n) is 1.99. The zero-order chi connectivity index (χ0) is 11.7. The number of hydrogen-bond donors (Lipinski definition) is 2. The van der Waals surface area contributed by atoms with Crippen molar-refractivity contribution in [3.63, 3.8) is 0 Å². The summed E-state index contributed by atoms with van der Waals surface area (Å²) in [6.45, 7) is 0. The van der Waals surface area contributed by atoms with Crippen LogP contribution in [-0.4, -0.2) is 21.3 Å². The first kappa shape index (κ1) is 10.5. The SMILES string of the molecule is O=C(O)c1noc(-c2ccccc2O)c1Cl. The Morgan fingerprint density at radius 3 is 2.62 bits per heavy atom. The summed E-state index contributed by atoms with van der Waals surface area (Å²) in [7, 11) is 0. The van der Waals surface area contributed by atoms with E-state index in [4.69, 9.17) is 21.2 Å². The van der Waals surface area contributed by atoms with E-state index in [0.717, 1.165) is 0 Å². The fourth-order valence-electron chi connectivity index (χ4n) is 1.24. The molecule has 2 rings (SSSR count). The van der Waals surface area contributed by atoms with Gasteiger partial charge in [0.05, 0.1) is 5.56 Å². The number of para-hydroxylation sites is 1. The molecule has 16 heavy (non-hydrogen) atoms. The molecule has 1 heterocycles. The average Bonchev–Trinajstić information content (AvgIpc) is 2.61. The lowest BCUT2D eigenvalue weighted by atomic mass is 10.1. The Hall–Kier alpha value is -2.01. The van der Waals surface area contributed by atoms with Crippen molar-refractivity contribution in [2.45, 2.75) is 0 Å². The van der Waals surface area contributed by atoms with Gasteiger partial charge in [-0.05, 0) is 12.1 Å². The van der Waals surface area contributed by atoms with Crippen LogP contribution in [0.2, 0.25) is 5.02 Å². The van der Waals surface area contributed by atoms with Crippen molar-refractivity contribution in [2.75, 3.05) is 0 Å². The van der Waals surface area contributed by atoms with Crippen molar-refractivity contribution in [2.24, 2.45) is 0 Å². The molecule has 0 aliphatic rings. The Morgan fingerprint density at radius 1 is 1.38 bits per heavy atom. The first-order valence-electron chi connectivity index (χ1n) is 4.28. The molecular formula is C10H6ClNO4. The first-order valence-corrected chi connectivity index (χ1v) is 4.66. The lowest BCUT2D eigenvalue weighted by molar-refractivity contribution is 0.0686. The van der Waals surface area contributed by atoms with Crippen LogP contribution in [0.5, 0.6) is 5.75 Å². The van der Waals surface area contributed by atoms with Crippen LogP contribution >= 0.6 is 11.6 Å². The molecule has 1 aromatic heterocycles. The highest BCUT2D eigenvalue weighted by Crippen LogP contribution is 2.35. The third kappa shape index (κ3) is 1.61. The Morgan fingerprint density at radius 2 is 2.06 bits per heavy atom. The number of aromatic hydroxyl groups is 1. The normalized spacial score (nSPS) is 10.3.